The van der Waals surface area contributed by atoms with E-state index in [1.807, 2.05) is 0 Å². The van der Waals surface area contributed by atoms with Gasteiger partial charge in [0, 0.05) is 6.54 Å². The van der Waals surface area contributed by atoms with Crippen LogP contribution in [0.2, 0.25) is 0 Å². The van der Waals surface area contributed by atoms with Gasteiger partial charge in [-0.25, -0.2) is 4.98 Å². The van der Waals surface area contributed by atoms with Gasteiger partial charge in [-0.3, -0.25) is 4.79 Å². The summed E-state index contributed by atoms with van der Waals surface area (Å²) in [5.74, 6) is 1.08. The lowest BCUT2D eigenvalue weighted by atomic mass is 9.67. The molecule has 1 aliphatic carbocycles. The third-order valence-electron chi connectivity index (χ3n) is 4.53. The van der Waals surface area contributed by atoms with Crippen molar-refractivity contribution in [3.63, 3.8) is 0 Å². The number of nitrogens with two attached hydrogens (primary N) is 1. The molecule has 1 saturated carbocycles. The van der Waals surface area contributed by atoms with Crippen LogP contribution < -0.4 is 16.4 Å². The van der Waals surface area contributed by atoms with E-state index in [0.29, 0.717) is 11.7 Å². The molecule has 1 amide bonds. The Morgan fingerprint density at radius 1 is 1.47 bits per heavy atom. The first kappa shape index (κ1) is 12.4. The molecule has 2 heterocycles. The van der Waals surface area contributed by atoms with Crippen molar-refractivity contribution in [2.24, 2.45) is 11.3 Å². The molecule has 1 aromatic heterocycles. The third kappa shape index (κ3) is 2.18. The lowest BCUT2D eigenvalue weighted by Crippen LogP contribution is -2.44. The fourth-order valence-electron chi connectivity index (χ4n) is 3.43. The monoisotopic (exact) mass is 260 g/mol. The predicted molar refractivity (Wildman–Crippen MR) is 74.5 cm³/mol. The van der Waals surface area contributed by atoms with Crippen molar-refractivity contribution in [3.05, 3.63) is 18.3 Å². The summed E-state index contributed by atoms with van der Waals surface area (Å²) in [4.78, 5) is 16.7. The van der Waals surface area contributed by atoms with Crippen LogP contribution in [-0.2, 0) is 4.79 Å². The maximum absolute atomic E-state index is 12.6. The summed E-state index contributed by atoms with van der Waals surface area (Å²) in [5.41, 5.74) is 6.05. The van der Waals surface area contributed by atoms with Crippen molar-refractivity contribution in [3.8, 4) is 0 Å². The molecule has 3 rings (SSSR count). The van der Waals surface area contributed by atoms with Crippen LogP contribution in [0.3, 0.4) is 0 Å². The minimum Gasteiger partial charge on any atom is -0.384 e. The van der Waals surface area contributed by atoms with Gasteiger partial charge in [-0.05, 0) is 37.4 Å². The Bertz CT molecular complexity index is 473. The summed E-state index contributed by atoms with van der Waals surface area (Å²) in [6, 6.07) is 3.51. The first-order chi connectivity index (χ1) is 9.21. The first-order valence-corrected chi connectivity index (χ1v) is 6.94. The van der Waals surface area contributed by atoms with Crippen molar-refractivity contribution in [2.45, 2.75) is 25.7 Å². The highest BCUT2D eigenvalue weighted by atomic mass is 16.2. The van der Waals surface area contributed by atoms with Gasteiger partial charge in [-0.15, -0.1) is 0 Å². The molecule has 0 radical (unpaired) electrons. The maximum atomic E-state index is 12.6. The van der Waals surface area contributed by atoms with E-state index < -0.39 is 0 Å². The van der Waals surface area contributed by atoms with Crippen LogP contribution in [0.1, 0.15) is 25.7 Å². The Balaban J connectivity index is 1.77. The SMILES string of the molecule is Nc1ccc(NC(=O)[C@@]23CCCC[C@H]2CNC3)cn1. The van der Waals surface area contributed by atoms with Gasteiger partial charge >= 0.3 is 0 Å². The number of anilines is 2. The van der Waals surface area contributed by atoms with E-state index in [-0.39, 0.29) is 11.3 Å². The largest absolute Gasteiger partial charge is 0.384 e. The Kier molecular flexibility index (Phi) is 3.14. The second-order valence-electron chi connectivity index (χ2n) is 5.66. The van der Waals surface area contributed by atoms with Crippen LogP contribution in [-0.4, -0.2) is 24.0 Å². The van der Waals surface area contributed by atoms with Crippen LogP contribution in [0.4, 0.5) is 11.5 Å². The average Bonchev–Trinajstić information content (AvgIpc) is 2.86. The first-order valence-electron chi connectivity index (χ1n) is 6.94. The molecule has 1 aliphatic heterocycles. The smallest absolute Gasteiger partial charge is 0.232 e. The summed E-state index contributed by atoms with van der Waals surface area (Å²) >= 11 is 0. The highest BCUT2D eigenvalue weighted by Gasteiger charge is 2.49. The van der Waals surface area contributed by atoms with E-state index in [9.17, 15) is 4.79 Å². The lowest BCUT2D eigenvalue weighted by Gasteiger charge is -2.37. The zero-order chi connectivity index (χ0) is 13.3. The number of nitrogens with zero attached hydrogens (tertiary/aromatic N) is 1. The molecular formula is C14H20N4O. The Labute approximate surface area is 113 Å². The fourth-order valence-corrected chi connectivity index (χ4v) is 3.43. The van der Waals surface area contributed by atoms with Gasteiger partial charge in [0.05, 0.1) is 17.3 Å². The zero-order valence-corrected chi connectivity index (χ0v) is 11.0. The molecule has 0 unspecified atom stereocenters. The summed E-state index contributed by atoms with van der Waals surface area (Å²) < 4.78 is 0. The average molecular weight is 260 g/mol. The molecule has 4 N–H and O–H groups in total. The molecule has 1 aromatic rings. The van der Waals surface area contributed by atoms with Gasteiger partial charge in [0.2, 0.25) is 5.91 Å². The van der Waals surface area contributed by atoms with Gasteiger partial charge in [0.1, 0.15) is 5.82 Å². The third-order valence-corrected chi connectivity index (χ3v) is 4.53. The van der Waals surface area contributed by atoms with Crippen LogP contribution in [0, 0.1) is 11.3 Å². The van der Waals surface area contributed by atoms with Crippen molar-refractivity contribution >= 4 is 17.4 Å². The van der Waals surface area contributed by atoms with E-state index >= 15 is 0 Å². The number of nitrogen functional groups attached to an aromatic ring is 1. The van der Waals surface area contributed by atoms with E-state index in [1.54, 1.807) is 18.3 Å². The minimum absolute atomic E-state index is 0.133. The molecule has 2 aliphatic rings. The van der Waals surface area contributed by atoms with Crippen molar-refractivity contribution < 1.29 is 4.79 Å². The van der Waals surface area contributed by atoms with Gasteiger partial charge in [-0.2, -0.15) is 0 Å². The highest BCUT2D eigenvalue weighted by Crippen LogP contribution is 2.44. The van der Waals surface area contributed by atoms with E-state index in [1.165, 1.54) is 6.42 Å². The van der Waals surface area contributed by atoms with Crippen molar-refractivity contribution in [1.82, 2.24) is 10.3 Å². The summed E-state index contributed by atoms with van der Waals surface area (Å²) in [6.45, 7) is 1.76. The summed E-state index contributed by atoms with van der Waals surface area (Å²) in [5, 5.41) is 6.39. The van der Waals surface area contributed by atoms with E-state index in [2.05, 4.69) is 15.6 Å². The number of fused-ring (bicyclic) bond motifs is 1. The predicted octanol–water partition coefficient (Wildman–Crippen LogP) is 1.38. The molecular weight excluding hydrogens is 240 g/mol. The van der Waals surface area contributed by atoms with Gasteiger partial charge in [-0.1, -0.05) is 12.8 Å². The van der Waals surface area contributed by atoms with Gasteiger partial charge < -0.3 is 16.4 Å². The Morgan fingerprint density at radius 3 is 3.16 bits per heavy atom. The molecule has 102 valence electrons. The normalized spacial score (nSPS) is 29.8. The van der Waals surface area contributed by atoms with Gasteiger partial charge in [0.25, 0.3) is 0 Å². The Morgan fingerprint density at radius 2 is 2.37 bits per heavy atom. The summed E-state index contributed by atoms with van der Waals surface area (Å²) in [7, 11) is 0. The Hall–Kier alpha value is -1.62. The molecule has 2 atom stereocenters. The number of rotatable bonds is 2. The van der Waals surface area contributed by atoms with Crippen LogP contribution in [0.25, 0.3) is 0 Å². The second-order valence-corrected chi connectivity index (χ2v) is 5.66. The molecule has 0 aromatic carbocycles. The second kappa shape index (κ2) is 4.81. The zero-order valence-electron chi connectivity index (χ0n) is 11.0. The lowest BCUT2D eigenvalue weighted by molar-refractivity contribution is -0.128. The molecule has 0 spiro atoms. The van der Waals surface area contributed by atoms with E-state index in [0.717, 1.165) is 38.0 Å². The fraction of sp³-hybridized carbons (Fsp3) is 0.571. The molecule has 0 bridgehead atoms. The van der Waals surface area contributed by atoms with Crippen molar-refractivity contribution in [1.29, 1.82) is 0 Å². The minimum atomic E-state index is -0.223. The molecule has 5 nitrogen and oxygen atoms in total. The summed E-state index contributed by atoms with van der Waals surface area (Å²) in [6.07, 6.45) is 6.14. The number of nitrogens with one attached hydrogen (secondary N) is 2. The topological polar surface area (TPSA) is 80.0 Å². The number of carbonyl (C=O) groups is 1. The number of amides is 1. The van der Waals surface area contributed by atoms with Crippen LogP contribution in [0.15, 0.2) is 18.3 Å². The number of hydrogen-bond acceptors (Lipinski definition) is 4. The molecule has 2 fully saturated rings. The number of aromatic nitrogens is 1. The number of hydrogen-bond donors (Lipinski definition) is 3. The molecule has 5 heteroatoms. The van der Waals surface area contributed by atoms with Gasteiger partial charge in [0.15, 0.2) is 0 Å². The van der Waals surface area contributed by atoms with Crippen LogP contribution in [0.5, 0.6) is 0 Å². The molecule has 19 heavy (non-hydrogen) atoms. The number of carbonyl (C=O) groups excluding carboxylic acids is 1. The van der Waals surface area contributed by atoms with E-state index in [4.69, 9.17) is 5.73 Å². The molecule has 1 saturated heterocycles. The highest BCUT2D eigenvalue weighted by molar-refractivity contribution is 5.96. The maximum Gasteiger partial charge on any atom is 0.232 e. The van der Waals surface area contributed by atoms with Crippen LogP contribution >= 0.6 is 0 Å². The number of pyridine rings is 1. The van der Waals surface area contributed by atoms with Crippen molar-refractivity contribution in [2.75, 3.05) is 24.1 Å². The quantitative estimate of drug-likeness (QED) is 0.750. The standard InChI is InChI=1S/C14H20N4O/c15-12-5-4-11(8-17-12)18-13(19)14-6-2-1-3-10(14)7-16-9-14/h4-5,8,10,16H,1-3,6-7,9H2,(H2,15,17)(H,18,19)/t10-,14+/m0/s1.